The van der Waals surface area contributed by atoms with E-state index in [1.165, 1.54) is 23.6 Å². The number of benzene rings is 1. The number of rotatable bonds is 3. The van der Waals surface area contributed by atoms with E-state index in [0.717, 1.165) is 25.5 Å². The first-order valence-corrected chi connectivity index (χ1v) is 7.20. The van der Waals surface area contributed by atoms with Gasteiger partial charge in [0.2, 0.25) is 0 Å². The van der Waals surface area contributed by atoms with Gasteiger partial charge in [0.1, 0.15) is 5.82 Å². The maximum Gasteiger partial charge on any atom is 0.136 e. The lowest BCUT2D eigenvalue weighted by molar-refractivity contribution is 0.423. The lowest BCUT2D eigenvalue weighted by atomic mass is 10.0. The van der Waals surface area contributed by atoms with Gasteiger partial charge in [-0.15, -0.1) is 0 Å². The quantitative estimate of drug-likeness (QED) is 0.914. The number of nitrogens with zero attached hydrogens (tertiary/aromatic N) is 2. The molecular formula is C16H21N3. The number of fused-ring (bicyclic) bond motifs is 1. The summed E-state index contributed by atoms with van der Waals surface area (Å²) in [4.78, 5) is 7.03. The van der Waals surface area contributed by atoms with Crippen LogP contribution in [0.1, 0.15) is 19.8 Å². The normalized spacial score (nSPS) is 17.0. The highest BCUT2D eigenvalue weighted by Gasteiger charge is 2.20. The number of piperidine rings is 1. The van der Waals surface area contributed by atoms with E-state index in [2.05, 4.69) is 52.5 Å². The van der Waals surface area contributed by atoms with Crippen molar-refractivity contribution in [2.24, 2.45) is 0 Å². The molecule has 3 rings (SSSR count). The highest BCUT2D eigenvalue weighted by molar-refractivity contribution is 5.92. The molecule has 0 bridgehead atoms. The van der Waals surface area contributed by atoms with Crippen molar-refractivity contribution < 1.29 is 0 Å². The first-order chi connectivity index (χ1) is 9.38. The van der Waals surface area contributed by atoms with E-state index in [1.807, 2.05) is 6.20 Å². The average molecular weight is 255 g/mol. The molecule has 1 aromatic heterocycles. The van der Waals surface area contributed by atoms with Crippen LogP contribution in [0, 0.1) is 0 Å². The van der Waals surface area contributed by atoms with Gasteiger partial charge in [-0.3, -0.25) is 0 Å². The summed E-state index contributed by atoms with van der Waals surface area (Å²) in [7, 11) is 0. The van der Waals surface area contributed by atoms with Gasteiger partial charge in [-0.25, -0.2) is 4.98 Å². The van der Waals surface area contributed by atoms with Gasteiger partial charge in [0.25, 0.3) is 0 Å². The van der Waals surface area contributed by atoms with Crippen LogP contribution in [0.15, 0.2) is 36.5 Å². The number of hydrogen-bond donors (Lipinski definition) is 1. The van der Waals surface area contributed by atoms with Crippen LogP contribution in [-0.2, 0) is 0 Å². The van der Waals surface area contributed by atoms with Crippen LogP contribution in [0.4, 0.5) is 5.82 Å². The van der Waals surface area contributed by atoms with Crippen LogP contribution in [0.3, 0.4) is 0 Å². The summed E-state index contributed by atoms with van der Waals surface area (Å²) in [6.45, 7) is 5.44. The van der Waals surface area contributed by atoms with Crippen molar-refractivity contribution in [3.8, 4) is 0 Å². The molecule has 19 heavy (non-hydrogen) atoms. The van der Waals surface area contributed by atoms with Crippen molar-refractivity contribution in [1.82, 2.24) is 10.3 Å². The Kier molecular flexibility index (Phi) is 3.65. The van der Waals surface area contributed by atoms with Gasteiger partial charge in [-0.05, 0) is 30.8 Å². The van der Waals surface area contributed by atoms with Crippen LogP contribution < -0.4 is 10.2 Å². The molecule has 1 aromatic carbocycles. The molecule has 0 atom stereocenters. The van der Waals surface area contributed by atoms with Crippen LogP contribution in [-0.4, -0.2) is 30.7 Å². The van der Waals surface area contributed by atoms with Crippen molar-refractivity contribution in [2.75, 3.05) is 24.5 Å². The number of anilines is 1. The number of aromatic nitrogens is 1. The van der Waals surface area contributed by atoms with Crippen molar-refractivity contribution in [3.63, 3.8) is 0 Å². The molecule has 2 heterocycles. The Morgan fingerprint density at radius 3 is 2.79 bits per heavy atom. The fraction of sp³-hybridized carbons (Fsp3) is 0.438. The van der Waals surface area contributed by atoms with Gasteiger partial charge in [-0.1, -0.05) is 31.2 Å². The number of pyridine rings is 1. The molecule has 0 aliphatic carbocycles. The minimum Gasteiger partial charge on any atom is -0.356 e. The largest absolute Gasteiger partial charge is 0.356 e. The standard InChI is InChI=1S/C16H21N3/c1-2-17-14-8-11-19(12-9-14)16-15-6-4-3-5-13(15)7-10-18-16/h3-7,10,14,17H,2,8-9,11-12H2,1H3. The molecule has 3 heteroatoms. The minimum atomic E-state index is 0.677. The van der Waals surface area contributed by atoms with Crippen LogP contribution in [0.25, 0.3) is 10.8 Å². The molecule has 1 N–H and O–H groups in total. The second-order valence-corrected chi connectivity index (χ2v) is 5.17. The number of nitrogens with one attached hydrogen (secondary N) is 1. The van der Waals surface area contributed by atoms with Crippen molar-refractivity contribution in [2.45, 2.75) is 25.8 Å². The molecule has 1 aliphatic heterocycles. The second-order valence-electron chi connectivity index (χ2n) is 5.17. The molecule has 3 nitrogen and oxygen atoms in total. The summed E-state index contributed by atoms with van der Waals surface area (Å²) in [5.74, 6) is 1.15. The smallest absolute Gasteiger partial charge is 0.136 e. The molecule has 0 amide bonds. The van der Waals surface area contributed by atoms with E-state index in [0.29, 0.717) is 6.04 Å². The lowest BCUT2D eigenvalue weighted by Gasteiger charge is -2.33. The summed E-state index contributed by atoms with van der Waals surface area (Å²) in [6.07, 6.45) is 4.34. The molecule has 1 aliphatic rings. The summed E-state index contributed by atoms with van der Waals surface area (Å²) < 4.78 is 0. The molecule has 1 saturated heterocycles. The fourth-order valence-corrected chi connectivity index (χ4v) is 2.94. The van der Waals surface area contributed by atoms with E-state index in [9.17, 15) is 0 Å². The Morgan fingerprint density at radius 2 is 2.00 bits per heavy atom. The zero-order valence-electron chi connectivity index (χ0n) is 11.5. The maximum absolute atomic E-state index is 4.61. The highest BCUT2D eigenvalue weighted by atomic mass is 15.2. The predicted molar refractivity (Wildman–Crippen MR) is 80.7 cm³/mol. The second kappa shape index (κ2) is 5.57. The SMILES string of the molecule is CCNC1CCN(c2nccc3ccccc23)CC1. The van der Waals surface area contributed by atoms with Gasteiger partial charge in [0.05, 0.1) is 0 Å². The third-order valence-electron chi connectivity index (χ3n) is 3.94. The van der Waals surface area contributed by atoms with E-state index >= 15 is 0 Å². The molecule has 0 unspecified atom stereocenters. The molecule has 1 fully saturated rings. The Balaban J connectivity index is 1.82. The fourth-order valence-electron chi connectivity index (χ4n) is 2.94. The monoisotopic (exact) mass is 255 g/mol. The number of hydrogen-bond acceptors (Lipinski definition) is 3. The molecule has 100 valence electrons. The predicted octanol–water partition coefficient (Wildman–Crippen LogP) is 2.81. The van der Waals surface area contributed by atoms with E-state index in [4.69, 9.17) is 0 Å². The molecule has 0 radical (unpaired) electrons. The minimum absolute atomic E-state index is 0.677. The average Bonchev–Trinajstić information content (AvgIpc) is 2.48. The molecule has 0 spiro atoms. The van der Waals surface area contributed by atoms with Gasteiger partial charge in [-0.2, -0.15) is 0 Å². The van der Waals surface area contributed by atoms with Crippen LogP contribution in [0.2, 0.25) is 0 Å². The Bertz CT molecular complexity index is 539. The van der Waals surface area contributed by atoms with Gasteiger partial charge in [0, 0.05) is 30.7 Å². The lowest BCUT2D eigenvalue weighted by Crippen LogP contribution is -2.42. The Hall–Kier alpha value is -1.61. The van der Waals surface area contributed by atoms with Crippen LogP contribution >= 0.6 is 0 Å². The first-order valence-electron chi connectivity index (χ1n) is 7.20. The van der Waals surface area contributed by atoms with Crippen LogP contribution in [0.5, 0.6) is 0 Å². The van der Waals surface area contributed by atoms with Gasteiger partial charge >= 0.3 is 0 Å². The van der Waals surface area contributed by atoms with Gasteiger partial charge < -0.3 is 10.2 Å². The van der Waals surface area contributed by atoms with Crippen molar-refractivity contribution in [1.29, 1.82) is 0 Å². The summed E-state index contributed by atoms with van der Waals surface area (Å²) in [5.41, 5.74) is 0. The summed E-state index contributed by atoms with van der Waals surface area (Å²) >= 11 is 0. The zero-order chi connectivity index (χ0) is 13.1. The first kappa shape index (κ1) is 12.4. The van der Waals surface area contributed by atoms with Gasteiger partial charge in [0.15, 0.2) is 0 Å². The highest BCUT2D eigenvalue weighted by Crippen LogP contribution is 2.26. The van der Waals surface area contributed by atoms with E-state index in [-0.39, 0.29) is 0 Å². The topological polar surface area (TPSA) is 28.2 Å². The van der Waals surface area contributed by atoms with E-state index in [1.54, 1.807) is 0 Å². The van der Waals surface area contributed by atoms with Crippen molar-refractivity contribution >= 4 is 16.6 Å². The Labute approximate surface area is 114 Å². The molecule has 2 aromatic rings. The Morgan fingerprint density at radius 1 is 1.21 bits per heavy atom. The summed E-state index contributed by atoms with van der Waals surface area (Å²) in [5, 5.41) is 6.10. The summed E-state index contributed by atoms with van der Waals surface area (Å²) in [6, 6.07) is 11.3. The van der Waals surface area contributed by atoms with Crippen molar-refractivity contribution in [3.05, 3.63) is 36.5 Å². The molecular weight excluding hydrogens is 234 g/mol. The molecule has 0 saturated carbocycles. The maximum atomic E-state index is 4.61. The zero-order valence-corrected chi connectivity index (χ0v) is 11.5. The van der Waals surface area contributed by atoms with E-state index < -0.39 is 0 Å². The third-order valence-corrected chi connectivity index (χ3v) is 3.94. The third kappa shape index (κ3) is 2.56.